The molecule has 0 radical (unpaired) electrons. The van der Waals surface area contributed by atoms with Gasteiger partial charge in [-0.1, -0.05) is 32.0 Å². The number of carbonyl (C=O) groups excluding carboxylic acids is 2. The lowest BCUT2D eigenvalue weighted by atomic mass is 10.0. The molecule has 0 fully saturated rings. The summed E-state index contributed by atoms with van der Waals surface area (Å²) >= 11 is 0. The van der Waals surface area contributed by atoms with Crippen LogP contribution in [0.4, 0.5) is 5.69 Å². The van der Waals surface area contributed by atoms with Crippen molar-refractivity contribution >= 4 is 33.4 Å². The fraction of sp³-hybridized carbons (Fsp3) is 0.348. The third kappa shape index (κ3) is 4.83. The van der Waals surface area contributed by atoms with Gasteiger partial charge in [0.15, 0.2) is 0 Å². The van der Waals surface area contributed by atoms with Crippen LogP contribution in [0.2, 0.25) is 0 Å². The number of hydrogen-bond acceptors (Lipinski definition) is 5. The van der Waals surface area contributed by atoms with Crippen molar-refractivity contribution in [1.82, 2.24) is 9.62 Å². The summed E-state index contributed by atoms with van der Waals surface area (Å²) in [5.74, 6) is -0.535. The van der Waals surface area contributed by atoms with E-state index in [4.69, 9.17) is 0 Å². The number of sulfonamides is 1. The van der Waals surface area contributed by atoms with E-state index in [9.17, 15) is 18.0 Å². The zero-order valence-electron chi connectivity index (χ0n) is 18.6. The monoisotopic (exact) mass is 456 g/mol. The Bertz CT molecular complexity index is 1150. The molecule has 1 heterocycles. The third-order valence-corrected chi connectivity index (χ3v) is 6.66. The molecule has 170 valence electrons. The van der Waals surface area contributed by atoms with Gasteiger partial charge >= 0.3 is 0 Å². The molecule has 2 amide bonds. The van der Waals surface area contributed by atoms with Crippen molar-refractivity contribution in [3.8, 4) is 0 Å². The van der Waals surface area contributed by atoms with Crippen LogP contribution in [0.1, 0.15) is 43.6 Å². The first-order valence-corrected chi connectivity index (χ1v) is 12.1. The number of nitrogens with zero attached hydrogens (tertiary/aromatic N) is 2. The topological polar surface area (TPSA) is 108 Å². The summed E-state index contributed by atoms with van der Waals surface area (Å²) < 4.78 is 27.1. The van der Waals surface area contributed by atoms with Crippen molar-refractivity contribution in [1.29, 1.82) is 0 Å². The number of nitrogens with one attached hydrogen (secondary N) is 2. The Morgan fingerprint density at radius 2 is 1.75 bits per heavy atom. The van der Waals surface area contributed by atoms with Gasteiger partial charge in [-0.15, -0.1) is 0 Å². The number of rotatable bonds is 7. The normalized spacial score (nSPS) is 16.3. The summed E-state index contributed by atoms with van der Waals surface area (Å²) in [4.78, 5) is 32.0. The van der Waals surface area contributed by atoms with Crippen LogP contribution in [0.3, 0.4) is 0 Å². The Kier molecular flexibility index (Phi) is 6.98. The molecule has 0 saturated carbocycles. The minimum atomic E-state index is -3.69. The first-order valence-electron chi connectivity index (χ1n) is 10.6. The number of carbonyl (C=O) groups is 2. The summed E-state index contributed by atoms with van der Waals surface area (Å²) in [7, 11) is -3.69. The second-order valence-corrected chi connectivity index (χ2v) is 9.47. The van der Waals surface area contributed by atoms with E-state index in [1.165, 1.54) is 6.07 Å². The van der Waals surface area contributed by atoms with Gasteiger partial charge in [0.25, 0.3) is 15.9 Å². The Labute approximate surface area is 188 Å². The molecule has 0 unspecified atom stereocenters. The van der Waals surface area contributed by atoms with Gasteiger partial charge in [-0.2, -0.15) is 0 Å². The average Bonchev–Trinajstić information content (AvgIpc) is 3.03. The van der Waals surface area contributed by atoms with Gasteiger partial charge in [0.2, 0.25) is 5.91 Å². The van der Waals surface area contributed by atoms with Crippen molar-refractivity contribution in [3.05, 3.63) is 59.7 Å². The van der Waals surface area contributed by atoms with Gasteiger partial charge in [0.1, 0.15) is 11.9 Å². The van der Waals surface area contributed by atoms with Gasteiger partial charge in [0.05, 0.1) is 4.90 Å². The maximum Gasteiger partial charge on any atom is 0.263 e. The fourth-order valence-corrected chi connectivity index (χ4v) is 4.76. The molecule has 0 bridgehead atoms. The zero-order valence-corrected chi connectivity index (χ0v) is 19.4. The molecule has 1 aliphatic heterocycles. The number of anilines is 1. The van der Waals surface area contributed by atoms with Crippen LogP contribution in [-0.4, -0.2) is 50.1 Å². The Morgan fingerprint density at radius 3 is 2.41 bits per heavy atom. The first kappa shape index (κ1) is 23.5. The largest absolute Gasteiger partial charge is 0.339 e. The molecule has 1 atom stereocenters. The maximum absolute atomic E-state index is 13.1. The number of amidine groups is 1. The summed E-state index contributed by atoms with van der Waals surface area (Å²) in [6.45, 7) is 8.68. The van der Waals surface area contributed by atoms with Gasteiger partial charge in [-0.3, -0.25) is 19.3 Å². The zero-order chi connectivity index (χ0) is 23.5. The van der Waals surface area contributed by atoms with Crippen LogP contribution in [0.25, 0.3) is 0 Å². The van der Waals surface area contributed by atoms with Gasteiger partial charge in [-0.25, -0.2) is 8.42 Å². The molecule has 2 aromatic rings. The van der Waals surface area contributed by atoms with E-state index in [-0.39, 0.29) is 28.5 Å². The van der Waals surface area contributed by atoms with Crippen LogP contribution >= 0.6 is 0 Å². The SMILES string of the molecule is CCN(CC)C(=O)c1cccc(NC(=O)[C@@H](N=C2NS(=O)(=O)c3ccccc32)C(C)C)c1. The molecule has 1 aliphatic rings. The van der Waals surface area contributed by atoms with Crippen molar-refractivity contribution < 1.29 is 18.0 Å². The van der Waals surface area contributed by atoms with Gasteiger partial charge in [-0.05, 0) is 50.1 Å². The third-order valence-electron chi connectivity index (χ3n) is 5.26. The molecular formula is C23H28N4O4S. The van der Waals surface area contributed by atoms with Crippen molar-refractivity contribution in [3.63, 3.8) is 0 Å². The van der Waals surface area contributed by atoms with Crippen molar-refractivity contribution in [2.24, 2.45) is 10.9 Å². The van der Waals surface area contributed by atoms with E-state index in [2.05, 4.69) is 15.0 Å². The summed E-state index contributed by atoms with van der Waals surface area (Å²) in [6, 6.07) is 12.4. The number of benzene rings is 2. The Morgan fingerprint density at radius 1 is 1.06 bits per heavy atom. The smallest absolute Gasteiger partial charge is 0.263 e. The Hall–Kier alpha value is -3.20. The molecule has 9 heteroatoms. The second kappa shape index (κ2) is 9.52. The number of fused-ring (bicyclic) bond motifs is 1. The minimum absolute atomic E-state index is 0.108. The number of aliphatic imine (C=N–C) groups is 1. The van der Waals surface area contributed by atoms with Gasteiger partial charge < -0.3 is 10.2 Å². The van der Waals surface area contributed by atoms with E-state index in [1.807, 2.05) is 27.7 Å². The molecule has 0 aliphatic carbocycles. The predicted octanol–water partition coefficient (Wildman–Crippen LogP) is 2.87. The van der Waals surface area contributed by atoms with E-state index in [0.29, 0.717) is 29.9 Å². The quantitative estimate of drug-likeness (QED) is 0.668. The van der Waals surface area contributed by atoms with E-state index < -0.39 is 16.1 Å². The molecule has 2 aromatic carbocycles. The summed E-state index contributed by atoms with van der Waals surface area (Å²) in [5.41, 5.74) is 1.40. The van der Waals surface area contributed by atoms with Crippen LogP contribution in [0, 0.1) is 5.92 Å². The van der Waals surface area contributed by atoms with Crippen LogP contribution in [-0.2, 0) is 14.8 Å². The predicted molar refractivity (Wildman–Crippen MR) is 124 cm³/mol. The van der Waals surface area contributed by atoms with E-state index >= 15 is 0 Å². The van der Waals surface area contributed by atoms with Crippen molar-refractivity contribution in [2.45, 2.75) is 38.6 Å². The highest BCUT2D eigenvalue weighted by atomic mass is 32.2. The van der Waals surface area contributed by atoms with E-state index in [1.54, 1.807) is 47.4 Å². The molecule has 8 nitrogen and oxygen atoms in total. The molecule has 3 rings (SSSR count). The highest BCUT2D eigenvalue weighted by Gasteiger charge is 2.32. The lowest BCUT2D eigenvalue weighted by Gasteiger charge is -2.20. The Balaban J connectivity index is 1.86. The highest BCUT2D eigenvalue weighted by molar-refractivity contribution is 7.90. The van der Waals surface area contributed by atoms with Crippen LogP contribution in [0.5, 0.6) is 0 Å². The maximum atomic E-state index is 13.1. The van der Waals surface area contributed by atoms with Crippen LogP contribution < -0.4 is 10.0 Å². The number of hydrogen-bond donors (Lipinski definition) is 2. The van der Waals surface area contributed by atoms with Crippen molar-refractivity contribution in [2.75, 3.05) is 18.4 Å². The minimum Gasteiger partial charge on any atom is -0.339 e. The molecule has 32 heavy (non-hydrogen) atoms. The second-order valence-electron chi connectivity index (χ2n) is 7.82. The summed E-state index contributed by atoms with van der Waals surface area (Å²) in [5, 5.41) is 2.82. The summed E-state index contributed by atoms with van der Waals surface area (Å²) in [6.07, 6.45) is 0. The lowest BCUT2D eigenvalue weighted by Crippen LogP contribution is -2.34. The average molecular weight is 457 g/mol. The molecule has 0 spiro atoms. The lowest BCUT2D eigenvalue weighted by molar-refractivity contribution is -0.118. The molecule has 0 aromatic heterocycles. The van der Waals surface area contributed by atoms with Crippen LogP contribution in [0.15, 0.2) is 58.4 Å². The highest BCUT2D eigenvalue weighted by Crippen LogP contribution is 2.24. The fourth-order valence-electron chi connectivity index (χ4n) is 3.52. The molecule has 2 N–H and O–H groups in total. The van der Waals surface area contributed by atoms with E-state index in [0.717, 1.165) is 0 Å². The standard InChI is InChI=1S/C23H28N4O4S/c1-5-27(6-2)23(29)16-10-9-11-17(14-16)24-22(28)20(15(3)4)25-21-18-12-7-8-13-19(18)32(30,31)26-21/h7-15,20H,5-6H2,1-4H3,(H,24,28)(H,25,26)/t20-/m0/s1. The van der Waals surface area contributed by atoms with Gasteiger partial charge in [0, 0.05) is 29.9 Å². The first-order chi connectivity index (χ1) is 15.2. The number of amides is 2. The molecular weight excluding hydrogens is 428 g/mol. The molecule has 0 saturated heterocycles.